The fourth-order valence-corrected chi connectivity index (χ4v) is 3.60. The van der Waals surface area contributed by atoms with E-state index in [2.05, 4.69) is 34.5 Å². The Morgan fingerprint density at radius 3 is 2.83 bits per heavy atom. The summed E-state index contributed by atoms with van der Waals surface area (Å²) in [6.07, 6.45) is 11.8. The van der Waals surface area contributed by atoms with Crippen LogP contribution in [0.4, 0.5) is 10.6 Å². The lowest BCUT2D eigenvalue weighted by Crippen LogP contribution is -2.46. The van der Waals surface area contributed by atoms with Crippen molar-refractivity contribution in [2.75, 3.05) is 32.5 Å². The van der Waals surface area contributed by atoms with Gasteiger partial charge in [0.2, 0.25) is 0 Å². The summed E-state index contributed by atoms with van der Waals surface area (Å²) in [5, 5.41) is 7.44. The zero-order valence-corrected chi connectivity index (χ0v) is 14.8. The molecule has 2 heterocycles. The standard InChI is InChI=1S/C18H29N5O/c1-21-12-9-16(10-13-21)22(2)18(24)20-17-8-11-19-23(17)14-15-6-4-3-5-7-15/h3-4,8,11,15-16H,5-7,9-10,12-14H2,1-2H3,(H,20,24). The number of urea groups is 1. The molecule has 2 amide bonds. The fraction of sp³-hybridized carbons (Fsp3) is 0.667. The van der Waals surface area contributed by atoms with Crippen molar-refractivity contribution in [1.29, 1.82) is 0 Å². The molecule has 132 valence electrons. The molecule has 1 aliphatic carbocycles. The fourth-order valence-electron chi connectivity index (χ4n) is 3.60. The van der Waals surface area contributed by atoms with Crippen LogP contribution in [0.25, 0.3) is 0 Å². The number of carbonyl (C=O) groups is 1. The van der Waals surface area contributed by atoms with E-state index < -0.39 is 0 Å². The first-order valence-electron chi connectivity index (χ1n) is 9.02. The Kier molecular flexibility index (Phi) is 5.56. The van der Waals surface area contributed by atoms with Crippen molar-refractivity contribution in [1.82, 2.24) is 19.6 Å². The normalized spacial score (nSPS) is 22.5. The molecule has 0 spiro atoms. The Bertz CT molecular complexity index is 574. The number of hydrogen-bond donors (Lipinski definition) is 1. The van der Waals surface area contributed by atoms with Gasteiger partial charge in [-0.3, -0.25) is 5.32 Å². The number of nitrogens with zero attached hydrogens (tertiary/aromatic N) is 4. The maximum absolute atomic E-state index is 12.6. The highest BCUT2D eigenvalue weighted by Crippen LogP contribution is 2.22. The molecule has 1 N–H and O–H groups in total. The summed E-state index contributed by atoms with van der Waals surface area (Å²) in [7, 11) is 4.03. The number of piperidine rings is 1. The molecule has 1 aromatic heterocycles. The van der Waals surface area contributed by atoms with Gasteiger partial charge in [0.15, 0.2) is 0 Å². The lowest BCUT2D eigenvalue weighted by atomic mass is 9.94. The minimum absolute atomic E-state index is 0.0326. The van der Waals surface area contributed by atoms with Gasteiger partial charge in [0.1, 0.15) is 5.82 Å². The summed E-state index contributed by atoms with van der Waals surface area (Å²) in [5.41, 5.74) is 0. The Labute approximate surface area is 144 Å². The zero-order valence-electron chi connectivity index (χ0n) is 14.8. The molecule has 0 saturated carbocycles. The third-order valence-electron chi connectivity index (χ3n) is 5.32. The van der Waals surface area contributed by atoms with Crippen LogP contribution in [0.5, 0.6) is 0 Å². The third kappa shape index (κ3) is 4.17. The summed E-state index contributed by atoms with van der Waals surface area (Å²) in [6, 6.07) is 2.18. The average molecular weight is 331 g/mol. The van der Waals surface area contributed by atoms with E-state index in [9.17, 15) is 4.79 Å². The van der Waals surface area contributed by atoms with Gasteiger partial charge in [-0.15, -0.1) is 0 Å². The van der Waals surface area contributed by atoms with Gasteiger partial charge in [-0.1, -0.05) is 12.2 Å². The van der Waals surface area contributed by atoms with Crippen molar-refractivity contribution in [3.63, 3.8) is 0 Å². The third-order valence-corrected chi connectivity index (χ3v) is 5.32. The van der Waals surface area contributed by atoms with Crippen LogP contribution in [-0.4, -0.2) is 58.8 Å². The summed E-state index contributed by atoms with van der Waals surface area (Å²) in [5.74, 6) is 1.41. The molecule has 3 rings (SSSR count). The topological polar surface area (TPSA) is 53.4 Å². The number of nitrogens with one attached hydrogen (secondary N) is 1. The highest BCUT2D eigenvalue weighted by atomic mass is 16.2. The van der Waals surface area contributed by atoms with Crippen LogP contribution < -0.4 is 5.32 Å². The largest absolute Gasteiger partial charge is 0.324 e. The summed E-state index contributed by atoms with van der Waals surface area (Å²) >= 11 is 0. The van der Waals surface area contributed by atoms with Crippen molar-refractivity contribution < 1.29 is 4.79 Å². The molecular weight excluding hydrogens is 302 g/mol. The Morgan fingerprint density at radius 2 is 2.12 bits per heavy atom. The number of allylic oxidation sites excluding steroid dienone is 2. The smallest absolute Gasteiger partial charge is 0.322 e. The van der Waals surface area contributed by atoms with Crippen molar-refractivity contribution in [3.05, 3.63) is 24.4 Å². The molecule has 1 unspecified atom stereocenters. The van der Waals surface area contributed by atoms with Crippen molar-refractivity contribution in [2.24, 2.45) is 5.92 Å². The maximum atomic E-state index is 12.6. The first kappa shape index (κ1) is 17.0. The van der Waals surface area contributed by atoms with E-state index in [1.165, 1.54) is 6.42 Å². The number of rotatable bonds is 4. The number of hydrogen-bond acceptors (Lipinski definition) is 3. The molecule has 0 aromatic carbocycles. The van der Waals surface area contributed by atoms with Crippen LogP contribution in [0, 0.1) is 5.92 Å². The molecule has 1 saturated heterocycles. The highest BCUT2D eigenvalue weighted by Gasteiger charge is 2.24. The van der Waals surface area contributed by atoms with Gasteiger partial charge in [-0.2, -0.15) is 5.10 Å². The second-order valence-electron chi connectivity index (χ2n) is 7.12. The second-order valence-corrected chi connectivity index (χ2v) is 7.12. The molecular formula is C18H29N5O. The number of aromatic nitrogens is 2. The monoisotopic (exact) mass is 331 g/mol. The quantitative estimate of drug-likeness (QED) is 0.863. The van der Waals surface area contributed by atoms with Gasteiger partial charge in [0, 0.05) is 25.7 Å². The van der Waals surface area contributed by atoms with Crippen LogP contribution in [0.2, 0.25) is 0 Å². The Balaban J connectivity index is 1.56. The minimum Gasteiger partial charge on any atom is -0.324 e. The Hall–Kier alpha value is -1.82. The molecule has 0 bridgehead atoms. The van der Waals surface area contributed by atoms with Crippen LogP contribution in [0.1, 0.15) is 32.1 Å². The summed E-state index contributed by atoms with van der Waals surface area (Å²) in [6.45, 7) is 2.97. The predicted octanol–water partition coefficient (Wildman–Crippen LogP) is 2.80. The molecule has 6 nitrogen and oxygen atoms in total. The van der Waals surface area contributed by atoms with E-state index in [1.54, 1.807) is 6.20 Å². The number of anilines is 1. The lowest BCUT2D eigenvalue weighted by molar-refractivity contribution is 0.156. The SMILES string of the molecule is CN1CCC(N(C)C(=O)Nc2ccnn2CC2CC=CCC2)CC1. The van der Waals surface area contributed by atoms with Crippen LogP contribution in [-0.2, 0) is 6.54 Å². The van der Waals surface area contributed by atoms with E-state index >= 15 is 0 Å². The Morgan fingerprint density at radius 1 is 1.33 bits per heavy atom. The predicted molar refractivity (Wildman–Crippen MR) is 96.0 cm³/mol. The number of carbonyl (C=O) groups excluding carboxylic acids is 1. The first-order valence-corrected chi connectivity index (χ1v) is 9.02. The molecule has 6 heteroatoms. The van der Waals surface area contributed by atoms with E-state index in [4.69, 9.17) is 0 Å². The van der Waals surface area contributed by atoms with Crippen molar-refractivity contribution in [3.8, 4) is 0 Å². The molecule has 24 heavy (non-hydrogen) atoms. The van der Waals surface area contributed by atoms with Crippen molar-refractivity contribution in [2.45, 2.75) is 44.7 Å². The average Bonchev–Trinajstić information content (AvgIpc) is 3.02. The highest BCUT2D eigenvalue weighted by molar-refractivity contribution is 5.88. The van der Waals surface area contributed by atoms with E-state index in [-0.39, 0.29) is 6.03 Å². The lowest BCUT2D eigenvalue weighted by Gasteiger charge is -2.35. The van der Waals surface area contributed by atoms with Gasteiger partial charge < -0.3 is 9.80 Å². The molecule has 1 atom stereocenters. The first-order chi connectivity index (χ1) is 11.6. The van der Waals surface area contributed by atoms with Gasteiger partial charge in [0.05, 0.1) is 6.20 Å². The van der Waals surface area contributed by atoms with Gasteiger partial charge >= 0.3 is 6.03 Å². The molecule has 1 aliphatic heterocycles. The number of amides is 2. The van der Waals surface area contributed by atoms with E-state index in [0.717, 1.165) is 51.1 Å². The zero-order chi connectivity index (χ0) is 16.9. The molecule has 1 fully saturated rings. The van der Waals surface area contributed by atoms with E-state index in [0.29, 0.717) is 12.0 Å². The molecule has 2 aliphatic rings. The van der Waals surface area contributed by atoms with Crippen LogP contribution >= 0.6 is 0 Å². The van der Waals surface area contributed by atoms with E-state index in [1.807, 2.05) is 22.7 Å². The summed E-state index contributed by atoms with van der Waals surface area (Å²) < 4.78 is 1.93. The maximum Gasteiger partial charge on any atom is 0.322 e. The van der Waals surface area contributed by atoms with Gasteiger partial charge in [-0.25, -0.2) is 9.48 Å². The van der Waals surface area contributed by atoms with Gasteiger partial charge in [0.25, 0.3) is 0 Å². The minimum atomic E-state index is -0.0326. The molecule has 1 aromatic rings. The molecule has 0 radical (unpaired) electrons. The van der Waals surface area contributed by atoms with Crippen LogP contribution in [0.3, 0.4) is 0 Å². The van der Waals surface area contributed by atoms with Crippen molar-refractivity contribution >= 4 is 11.8 Å². The van der Waals surface area contributed by atoms with Crippen LogP contribution in [0.15, 0.2) is 24.4 Å². The summed E-state index contributed by atoms with van der Waals surface area (Å²) in [4.78, 5) is 16.8. The second kappa shape index (κ2) is 7.83. The number of likely N-dealkylation sites (tertiary alicyclic amines) is 1. The van der Waals surface area contributed by atoms with Gasteiger partial charge in [-0.05, 0) is 58.2 Å².